The van der Waals surface area contributed by atoms with Crippen LogP contribution in [0.4, 0.5) is 4.79 Å². The number of sulfone groups is 1. The molecule has 196 valence electrons. The topological polar surface area (TPSA) is 151 Å². The van der Waals surface area contributed by atoms with Gasteiger partial charge < -0.3 is 14.8 Å². The molecule has 0 atom stereocenters. The number of imide groups is 1. The molecule has 2 saturated heterocycles. The number of hydroxylamine groups is 1. The quantitative estimate of drug-likeness (QED) is 0.146. The van der Waals surface area contributed by atoms with Crippen molar-refractivity contribution < 1.29 is 37.5 Å². The van der Waals surface area contributed by atoms with Crippen molar-refractivity contribution in [1.82, 2.24) is 15.7 Å². The lowest BCUT2D eigenvalue weighted by molar-refractivity contribution is -0.134. The van der Waals surface area contributed by atoms with Gasteiger partial charge in [-0.05, 0) is 55.2 Å². The van der Waals surface area contributed by atoms with Crippen LogP contribution in [0.1, 0.15) is 24.8 Å². The number of nitrogens with zero attached hydrogens (tertiary/aromatic N) is 1. The first-order valence-corrected chi connectivity index (χ1v) is 13.2. The van der Waals surface area contributed by atoms with Crippen molar-refractivity contribution in [3.05, 3.63) is 65.9 Å². The summed E-state index contributed by atoms with van der Waals surface area (Å²) in [5.74, 6) is -1.02. The van der Waals surface area contributed by atoms with Crippen LogP contribution in [-0.2, 0) is 24.2 Å². The molecule has 12 heteroatoms. The van der Waals surface area contributed by atoms with E-state index in [0.29, 0.717) is 12.2 Å². The smallest absolute Gasteiger partial charge is 0.329 e. The van der Waals surface area contributed by atoms with E-state index >= 15 is 0 Å². The van der Waals surface area contributed by atoms with Crippen molar-refractivity contribution in [3.8, 4) is 5.75 Å². The number of urea groups is 1. The molecule has 4 rings (SSSR count). The molecule has 2 aromatic rings. The van der Waals surface area contributed by atoms with Gasteiger partial charge in [-0.2, -0.15) is 0 Å². The van der Waals surface area contributed by atoms with Gasteiger partial charge in [0.05, 0.1) is 11.5 Å². The van der Waals surface area contributed by atoms with E-state index < -0.39 is 32.4 Å². The molecular weight excluding hydrogens is 502 g/mol. The van der Waals surface area contributed by atoms with Crippen molar-refractivity contribution >= 4 is 33.8 Å². The van der Waals surface area contributed by atoms with Crippen molar-refractivity contribution in [2.45, 2.75) is 28.9 Å². The summed E-state index contributed by atoms with van der Waals surface area (Å²) in [5.41, 5.74) is 2.48. The Bertz CT molecular complexity index is 1290. The average molecular weight is 530 g/mol. The van der Waals surface area contributed by atoms with E-state index in [-0.39, 0.29) is 49.8 Å². The lowest BCUT2D eigenvalue weighted by atomic mass is 9.98. The minimum Gasteiger partial charge on any atom is -0.494 e. The van der Waals surface area contributed by atoms with Crippen molar-refractivity contribution in [2.24, 2.45) is 0 Å². The number of hydrogen-bond donors (Lipinski definition) is 3. The SMILES string of the molecule is O=C1NC(=Cc2ccccc2)C(=O)N1CCCOc1ccc(S(=O)(=O)C2(C(=O)NO)CCOCC2)cc1. The van der Waals surface area contributed by atoms with Crippen molar-refractivity contribution in [3.63, 3.8) is 0 Å². The fourth-order valence-corrected chi connectivity index (χ4v) is 6.20. The van der Waals surface area contributed by atoms with Gasteiger partial charge in [-0.25, -0.2) is 18.7 Å². The monoisotopic (exact) mass is 529 g/mol. The normalized spacial score (nSPS) is 18.5. The van der Waals surface area contributed by atoms with Crippen LogP contribution < -0.4 is 15.5 Å². The molecular formula is C25H27N3O8S. The fourth-order valence-electron chi connectivity index (χ4n) is 4.26. The highest BCUT2D eigenvalue weighted by Gasteiger charge is 2.52. The molecule has 2 aromatic carbocycles. The van der Waals surface area contributed by atoms with Crippen LogP contribution in [0.5, 0.6) is 5.75 Å². The molecule has 0 saturated carbocycles. The Hall–Kier alpha value is -3.74. The van der Waals surface area contributed by atoms with E-state index in [1.54, 1.807) is 6.08 Å². The molecule has 0 bridgehead atoms. The summed E-state index contributed by atoms with van der Waals surface area (Å²) in [7, 11) is -4.13. The Morgan fingerprint density at radius 2 is 1.78 bits per heavy atom. The lowest BCUT2D eigenvalue weighted by Crippen LogP contribution is -2.54. The molecule has 0 spiro atoms. The van der Waals surface area contributed by atoms with E-state index in [0.717, 1.165) is 10.5 Å². The minimum atomic E-state index is -4.13. The number of amides is 4. The van der Waals surface area contributed by atoms with Crippen LogP contribution in [0, 0.1) is 0 Å². The Balaban J connectivity index is 1.33. The Morgan fingerprint density at radius 1 is 1.11 bits per heavy atom. The van der Waals surface area contributed by atoms with E-state index in [9.17, 15) is 22.8 Å². The number of hydrogen-bond acceptors (Lipinski definition) is 8. The van der Waals surface area contributed by atoms with Gasteiger partial charge in [-0.3, -0.25) is 19.7 Å². The van der Waals surface area contributed by atoms with Gasteiger partial charge in [0.2, 0.25) is 0 Å². The van der Waals surface area contributed by atoms with Gasteiger partial charge in [0, 0.05) is 19.8 Å². The molecule has 0 radical (unpaired) electrons. The lowest BCUT2D eigenvalue weighted by Gasteiger charge is -2.34. The van der Waals surface area contributed by atoms with Gasteiger partial charge >= 0.3 is 6.03 Å². The molecule has 2 aliphatic heterocycles. The molecule has 3 N–H and O–H groups in total. The van der Waals surface area contributed by atoms with E-state index in [1.165, 1.54) is 29.7 Å². The van der Waals surface area contributed by atoms with Crippen LogP contribution in [-0.4, -0.2) is 67.5 Å². The number of carbonyl (C=O) groups excluding carboxylic acids is 3. The second-order valence-corrected chi connectivity index (χ2v) is 10.8. The van der Waals surface area contributed by atoms with Gasteiger partial charge in [-0.15, -0.1) is 0 Å². The standard InChI is InChI=1S/C25H27N3O8S/c29-22-21(17-18-5-2-1-3-6-18)26-24(31)28(22)13-4-14-36-19-7-9-20(10-8-19)37(33,34)25(23(30)27-32)11-15-35-16-12-25/h1-3,5-10,17,32H,4,11-16H2,(H,26,31)(H,27,30). The third kappa shape index (κ3) is 5.36. The van der Waals surface area contributed by atoms with E-state index in [1.807, 2.05) is 30.3 Å². The van der Waals surface area contributed by atoms with Crippen LogP contribution >= 0.6 is 0 Å². The number of carbonyl (C=O) groups is 3. The number of benzene rings is 2. The van der Waals surface area contributed by atoms with Gasteiger partial charge in [0.1, 0.15) is 11.4 Å². The fraction of sp³-hybridized carbons (Fsp3) is 0.320. The second kappa shape index (κ2) is 11.1. The maximum absolute atomic E-state index is 13.3. The molecule has 0 aliphatic carbocycles. The van der Waals surface area contributed by atoms with E-state index in [2.05, 4.69) is 5.32 Å². The zero-order valence-electron chi connectivity index (χ0n) is 19.9. The third-order valence-corrected chi connectivity index (χ3v) is 8.85. The first-order chi connectivity index (χ1) is 17.8. The Kier molecular flexibility index (Phi) is 7.91. The number of rotatable bonds is 9. The Morgan fingerprint density at radius 3 is 2.43 bits per heavy atom. The molecule has 11 nitrogen and oxygen atoms in total. The summed E-state index contributed by atoms with van der Waals surface area (Å²) >= 11 is 0. The first-order valence-electron chi connectivity index (χ1n) is 11.7. The van der Waals surface area contributed by atoms with Crippen LogP contribution in [0.25, 0.3) is 6.08 Å². The molecule has 2 aliphatic rings. The highest BCUT2D eigenvalue weighted by atomic mass is 32.2. The highest BCUT2D eigenvalue weighted by Crippen LogP contribution is 2.35. The average Bonchev–Trinajstić information content (AvgIpc) is 3.18. The minimum absolute atomic E-state index is 0.0783. The number of nitrogens with one attached hydrogen (secondary N) is 2. The zero-order chi connectivity index (χ0) is 26.5. The second-order valence-electron chi connectivity index (χ2n) is 8.58. The molecule has 0 unspecified atom stereocenters. The summed E-state index contributed by atoms with van der Waals surface area (Å²) in [4.78, 5) is 38.1. The van der Waals surface area contributed by atoms with Crippen molar-refractivity contribution in [1.29, 1.82) is 0 Å². The third-order valence-electron chi connectivity index (χ3n) is 6.33. The largest absolute Gasteiger partial charge is 0.494 e. The predicted molar refractivity (Wildman–Crippen MR) is 131 cm³/mol. The van der Waals surface area contributed by atoms with Gasteiger partial charge in [0.15, 0.2) is 14.6 Å². The van der Waals surface area contributed by atoms with E-state index in [4.69, 9.17) is 14.7 Å². The summed E-state index contributed by atoms with van der Waals surface area (Å²) in [6.07, 6.45) is 1.81. The Labute approximate surface area is 213 Å². The van der Waals surface area contributed by atoms with Gasteiger partial charge in [0.25, 0.3) is 11.8 Å². The molecule has 0 aromatic heterocycles. The van der Waals surface area contributed by atoms with Crippen LogP contribution in [0.2, 0.25) is 0 Å². The van der Waals surface area contributed by atoms with Crippen molar-refractivity contribution in [2.75, 3.05) is 26.4 Å². The predicted octanol–water partition coefficient (Wildman–Crippen LogP) is 1.88. The molecule has 37 heavy (non-hydrogen) atoms. The molecule has 4 amide bonds. The zero-order valence-corrected chi connectivity index (χ0v) is 20.7. The highest BCUT2D eigenvalue weighted by molar-refractivity contribution is 7.93. The maximum atomic E-state index is 13.3. The number of ether oxygens (including phenoxy) is 2. The van der Waals surface area contributed by atoms with Crippen LogP contribution in [0.15, 0.2) is 65.2 Å². The maximum Gasteiger partial charge on any atom is 0.329 e. The molecule has 2 fully saturated rings. The summed E-state index contributed by atoms with van der Waals surface area (Å²) < 4.78 is 35.6. The summed E-state index contributed by atoms with van der Waals surface area (Å²) in [6.45, 7) is 0.475. The first kappa shape index (κ1) is 26.3. The van der Waals surface area contributed by atoms with Crippen LogP contribution in [0.3, 0.4) is 0 Å². The van der Waals surface area contributed by atoms with Gasteiger partial charge in [-0.1, -0.05) is 30.3 Å². The summed E-state index contributed by atoms with van der Waals surface area (Å²) in [6, 6.07) is 14.3. The molecule has 2 heterocycles. The summed E-state index contributed by atoms with van der Waals surface area (Å²) in [5, 5.41) is 11.7.